The van der Waals surface area contributed by atoms with Crippen molar-refractivity contribution in [1.82, 2.24) is 0 Å². The van der Waals surface area contributed by atoms with Crippen LogP contribution in [-0.2, 0) is 0 Å². The Morgan fingerprint density at radius 3 is 1.56 bits per heavy atom. The highest BCUT2D eigenvalue weighted by atomic mass is 13.8. The van der Waals surface area contributed by atoms with Crippen molar-refractivity contribution in [3.8, 4) is 0 Å². The molecule has 0 aromatic heterocycles. The van der Waals surface area contributed by atoms with Gasteiger partial charge in [0, 0.05) is 0 Å². The zero-order valence-electron chi connectivity index (χ0n) is 11.2. The number of hydrogen-bond donors (Lipinski definition) is 0. The minimum Gasteiger partial charge on any atom is -0.0845 e. The normalized spacial score (nSPS) is 13.4. The summed E-state index contributed by atoms with van der Waals surface area (Å²) in [5, 5.41) is 0. The molecule has 0 amide bonds. The standard InChI is InChI=1S/C18H23/c1-3-5-7-9-11-13-15-17-18-16-14-12-10-8-6-4-2/h1,3,5,7,9-18H,4,6,8H2,2H3/b3-1?,7-5+,11-9+,12-10+,15-13+,16-14+,18-17+. The zero-order chi connectivity index (χ0) is 13.3. The van der Waals surface area contributed by atoms with Crippen LogP contribution >= 0.6 is 0 Å². The highest BCUT2D eigenvalue weighted by molar-refractivity contribution is 5.20. The molecule has 95 valence electrons. The third-order valence-corrected chi connectivity index (χ3v) is 2.08. The van der Waals surface area contributed by atoms with Gasteiger partial charge >= 0.3 is 0 Å². The van der Waals surface area contributed by atoms with Crippen molar-refractivity contribution < 1.29 is 0 Å². The molecule has 0 spiro atoms. The van der Waals surface area contributed by atoms with E-state index in [1.165, 1.54) is 25.3 Å². The van der Waals surface area contributed by atoms with E-state index in [2.05, 4.69) is 25.2 Å². The minimum atomic E-state index is 1.17. The molecule has 0 heteroatoms. The van der Waals surface area contributed by atoms with Gasteiger partial charge < -0.3 is 0 Å². The fourth-order valence-corrected chi connectivity index (χ4v) is 1.14. The molecular weight excluding hydrogens is 216 g/mol. The average molecular weight is 239 g/mol. The van der Waals surface area contributed by atoms with E-state index in [9.17, 15) is 0 Å². The maximum atomic E-state index is 5.19. The van der Waals surface area contributed by atoms with Crippen molar-refractivity contribution in [2.24, 2.45) is 0 Å². The van der Waals surface area contributed by atoms with E-state index in [1.807, 2.05) is 48.6 Å². The van der Waals surface area contributed by atoms with Gasteiger partial charge in [-0.25, -0.2) is 0 Å². The summed E-state index contributed by atoms with van der Waals surface area (Å²) in [7, 11) is 0. The minimum absolute atomic E-state index is 1.17. The predicted octanol–water partition coefficient (Wildman–Crippen LogP) is 5.50. The Bertz CT molecular complexity index is 346. The molecule has 0 aromatic rings. The molecule has 0 nitrogen and oxygen atoms in total. The Kier molecular flexibility index (Phi) is 13.6. The fourth-order valence-electron chi connectivity index (χ4n) is 1.14. The lowest BCUT2D eigenvalue weighted by molar-refractivity contribution is 0.815. The van der Waals surface area contributed by atoms with Gasteiger partial charge in [-0.2, -0.15) is 0 Å². The van der Waals surface area contributed by atoms with E-state index < -0.39 is 0 Å². The van der Waals surface area contributed by atoms with Gasteiger partial charge in [0.2, 0.25) is 0 Å². The van der Waals surface area contributed by atoms with Crippen LogP contribution in [0.2, 0.25) is 0 Å². The molecule has 0 rings (SSSR count). The predicted molar refractivity (Wildman–Crippen MR) is 83.2 cm³/mol. The van der Waals surface area contributed by atoms with E-state index >= 15 is 0 Å². The largest absolute Gasteiger partial charge is 0.0845 e. The summed E-state index contributed by atoms with van der Waals surface area (Å²) >= 11 is 0. The van der Waals surface area contributed by atoms with Crippen molar-refractivity contribution in [2.45, 2.75) is 26.2 Å². The second-order valence-electron chi connectivity index (χ2n) is 3.69. The second-order valence-corrected chi connectivity index (χ2v) is 3.69. The van der Waals surface area contributed by atoms with Crippen molar-refractivity contribution in [2.75, 3.05) is 0 Å². The average Bonchev–Trinajstić information content (AvgIpc) is 2.39. The summed E-state index contributed by atoms with van der Waals surface area (Å²) in [5.41, 5.74) is 0. The van der Waals surface area contributed by atoms with Crippen LogP contribution in [0.4, 0.5) is 0 Å². The number of hydrogen-bond acceptors (Lipinski definition) is 0. The molecular formula is C18H23. The van der Waals surface area contributed by atoms with Gasteiger partial charge in [0.15, 0.2) is 0 Å². The van der Waals surface area contributed by atoms with Crippen molar-refractivity contribution in [1.29, 1.82) is 0 Å². The first-order chi connectivity index (χ1) is 8.91. The van der Waals surface area contributed by atoms with Gasteiger partial charge in [0.1, 0.15) is 0 Å². The van der Waals surface area contributed by atoms with Crippen LogP contribution in [-0.4, -0.2) is 0 Å². The molecule has 0 heterocycles. The summed E-state index contributed by atoms with van der Waals surface area (Å²) in [6.45, 7) is 7.39. The van der Waals surface area contributed by atoms with Crippen LogP contribution in [0.5, 0.6) is 0 Å². The lowest BCUT2D eigenvalue weighted by Crippen LogP contribution is -1.64. The van der Waals surface area contributed by atoms with Crippen LogP contribution in [0, 0.1) is 6.58 Å². The molecule has 0 unspecified atom stereocenters. The van der Waals surface area contributed by atoms with Gasteiger partial charge in [-0.1, -0.05) is 105 Å². The summed E-state index contributed by atoms with van der Waals surface area (Å²) in [6.07, 6.45) is 29.1. The first-order valence-electron chi connectivity index (χ1n) is 6.45. The topological polar surface area (TPSA) is 0 Å². The Morgan fingerprint density at radius 2 is 1.11 bits per heavy atom. The molecule has 0 aliphatic heterocycles. The first-order valence-corrected chi connectivity index (χ1v) is 6.45. The fraction of sp³-hybridized carbons (Fsp3) is 0.222. The molecule has 0 bridgehead atoms. The van der Waals surface area contributed by atoms with Crippen LogP contribution < -0.4 is 0 Å². The smallest absolute Gasteiger partial charge is 0.0348 e. The molecule has 0 saturated heterocycles. The van der Waals surface area contributed by atoms with E-state index in [1.54, 1.807) is 6.08 Å². The molecule has 0 saturated carbocycles. The molecule has 0 fully saturated rings. The lowest BCUT2D eigenvalue weighted by Gasteiger charge is -1.84. The summed E-state index contributed by atoms with van der Waals surface area (Å²) in [4.78, 5) is 0. The molecule has 0 atom stereocenters. The maximum absolute atomic E-state index is 5.19. The Balaban J connectivity index is 3.69. The SMILES string of the molecule is [CH]=C/C=C/C=C/C=C/C=C/C=C/C=C/CCCC. The van der Waals surface area contributed by atoms with Gasteiger partial charge in [-0.3, -0.25) is 0 Å². The van der Waals surface area contributed by atoms with Crippen molar-refractivity contribution in [3.63, 3.8) is 0 Å². The van der Waals surface area contributed by atoms with E-state index in [4.69, 9.17) is 6.58 Å². The molecule has 0 N–H and O–H groups in total. The van der Waals surface area contributed by atoms with Gasteiger partial charge in [0.25, 0.3) is 0 Å². The monoisotopic (exact) mass is 239 g/mol. The summed E-state index contributed by atoms with van der Waals surface area (Å²) in [5.74, 6) is 0. The highest BCUT2D eigenvalue weighted by Crippen LogP contribution is 1.94. The molecule has 0 aliphatic rings. The second kappa shape index (κ2) is 15.2. The van der Waals surface area contributed by atoms with Gasteiger partial charge in [-0.05, 0) is 6.42 Å². The zero-order valence-corrected chi connectivity index (χ0v) is 11.2. The quantitative estimate of drug-likeness (QED) is 0.368. The van der Waals surface area contributed by atoms with Gasteiger partial charge in [0.05, 0.1) is 0 Å². The Hall–Kier alpha value is -1.82. The van der Waals surface area contributed by atoms with Crippen molar-refractivity contribution in [3.05, 3.63) is 85.6 Å². The number of rotatable bonds is 9. The molecule has 1 radical (unpaired) electrons. The molecule has 0 aromatic carbocycles. The van der Waals surface area contributed by atoms with Crippen LogP contribution in [0.1, 0.15) is 26.2 Å². The first kappa shape index (κ1) is 16.2. The van der Waals surface area contributed by atoms with E-state index in [0.29, 0.717) is 0 Å². The number of allylic oxidation sites excluding steroid dienone is 13. The summed E-state index contributed by atoms with van der Waals surface area (Å²) in [6, 6.07) is 0. The van der Waals surface area contributed by atoms with E-state index in [-0.39, 0.29) is 0 Å². The highest BCUT2D eigenvalue weighted by Gasteiger charge is 1.74. The maximum Gasteiger partial charge on any atom is -0.0348 e. The van der Waals surface area contributed by atoms with Crippen LogP contribution in [0.25, 0.3) is 0 Å². The number of unbranched alkanes of at least 4 members (excludes halogenated alkanes) is 2. The lowest BCUT2D eigenvalue weighted by atomic mass is 10.2. The van der Waals surface area contributed by atoms with E-state index in [0.717, 1.165) is 0 Å². The van der Waals surface area contributed by atoms with Crippen molar-refractivity contribution >= 4 is 0 Å². The van der Waals surface area contributed by atoms with Crippen LogP contribution in [0.15, 0.2) is 79.0 Å². The molecule has 18 heavy (non-hydrogen) atoms. The third-order valence-electron chi connectivity index (χ3n) is 2.08. The van der Waals surface area contributed by atoms with Gasteiger partial charge in [-0.15, -0.1) is 0 Å². The Labute approximate surface area is 112 Å². The van der Waals surface area contributed by atoms with Crippen LogP contribution in [0.3, 0.4) is 0 Å². The molecule has 0 aliphatic carbocycles. The Morgan fingerprint density at radius 1 is 0.667 bits per heavy atom. The third kappa shape index (κ3) is 14.2. The summed E-state index contributed by atoms with van der Waals surface area (Å²) < 4.78 is 0.